The van der Waals surface area contributed by atoms with E-state index in [9.17, 15) is 0 Å². The van der Waals surface area contributed by atoms with Crippen LogP contribution in [-0.4, -0.2) is 11.5 Å². The van der Waals surface area contributed by atoms with Crippen molar-refractivity contribution in [3.05, 3.63) is 18.0 Å². The summed E-state index contributed by atoms with van der Waals surface area (Å²) < 4.78 is 0. The number of hydrogen-bond donors (Lipinski definition) is 2. The van der Waals surface area contributed by atoms with Crippen LogP contribution < -0.4 is 11.1 Å². The first-order chi connectivity index (χ1) is 5.25. The van der Waals surface area contributed by atoms with E-state index in [1.165, 1.54) is 0 Å². The fraction of sp³-hybridized carbons (Fsp3) is 0.375. The molecule has 0 saturated heterocycles. The van der Waals surface area contributed by atoms with Gasteiger partial charge in [-0.25, -0.2) is 0 Å². The third-order valence-corrected chi connectivity index (χ3v) is 1.56. The summed E-state index contributed by atoms with van der Waals surface area (Å²) in [7, 11) is 0. The molecule has 3 N–H and O–H groups in total. The molecule has 0 bridgehead atoms. The van der Waals surface area contributed by atoms with Crippen molar-refractivity contribution in [3.8, 4) is 0 Å². The predicted molar refractivity (Wildman–Crippen MR) is 47.6 cm³/mol. The molecular weight excluding hydrogens is 138 g/mol. The van der Waals surface area contributed by atoms with Gasteiger partial charge in [-0.3, -0.25) is 4.98 Å². The molecule has 0 unspecified atom stereocenters. The molecule has 0 aliphatic carbocycles. The third-order valence-electron chi connectivity index (χ3n) is 1.56. The summed E-state index contributed by atoms with van der Waals surface area (Å²) in [6, 6.07) is 1.88. The summed E-state index contributed by atoms with van der Waals surface area (Å²) in [4.78, 5) is 4.06. The number of nitrogens with two attached hydrogens (primary N) is 1. The molecule has 0 saturated carbocycles. The summed E-state index contributed by atoms with van der Waals surface area (Å²) in [6.07, 6.45) is 1.75. The van der Waals surface area contributed by atoms with Crippen molar-refractivity contribution < 1.29 is 0 Å². The summed E-state index contributed by atoms with van der Waals surface area (Å²) in [5.41, 5.74) is 8.34. The van der Waals surface area contributed by atoms with Gasteiger partial charge in [-0.2, -0.15) is 0 Å². The smallest absolute Gasteiger partial charge is 0.0766 e. The highest BCUT2D eigenvalue weighted by Crippen LogP contribution is 2.18. The minimum atomic E-state index is 0.745. The predicted octanol–water partition coefficient (Wildman–Crippen LogP) is 1.40. The first kappa shape index (κ1) is 7.85. The number of rotatable bonds is 2. The number of aromatic nitrogens is 1. The van der Waals surface area contributed by atoms with Crippen LogP contribution in [0.1, 0.15) is 12.6 Å². The Morgan fingerprint density at radius 2 is 2.36 bits per heavy atom. The van der Waals surface area contributed by atoms with Crippen LogP contribution in [0, 0.1) is 6.92 Å². The van der Waals surface area contributed by atoms with Crippen LogP contribution in [0.15, 0.2) is 12.3 Å². The number of aryl methyl sites for hydroxylation is 1. The maximum Gasteiger partial charge on any atom is 0.0766 e. The van der Waals surface area contributed by atoms with Crippen LogP contribution in [-0.2, 0) is 0 Å². The molecule has 0 radical (unpaired) electrons. The van der Waals surface area contributed by atoms with Crippen molar-refractivity contribution in [1.82, 2.24) is 4.98 Å². The van der Waals surface area contributed by atoms with Gasteiger partial charge in [0.05, 0.1) is 17.1 Å². The van der Waals surface area contributed by atoms with E-state index in [2.05, 4.69) is 10.3 Å². The Bertz CT molecular complexity index is 245. The van der Waals surface area contributed by atoms with E-state index in [-0.39, 0.29) is 0 Å². The normalized spacial score (nSPS) is 9.64. The van der Waals surface area contributed by atoms with Gasteiger partial charge in [0.15, 0.2) is 0 Å². The summed E-state index contributed by atoms with van der Waals surface area (Å²) >= 11 is 0. The van der Waals surface area contributed by atoms with E-state index in [1.807, 2.05) is 19.9 Å². The quantitative estimate of drug-likeness (QED) is 0.671. The number of pyridine rings is 1. The Labute approximate surface area is 66.6 Å². The lowest BCUT2D eigenvalue weighted by molar-refractivity contribution is 1.17. The first-order valence-electron chi connectivity index (χ1n) is 3.70. The summed E-state index contributed by atoms with van der Waals surface area (Å²) in [6.45, 7) is 4.82. The van der Waals surface area contributed by atoms with Crippen molar-refractivity contribution in [1.29, 1.82) is 0 Å². The maximum atomic E-state index is 5.74. The monoisotopic (exact) mass is 151 g/mol. The van der Waals surface area contributed by atoms with Crippen LogP contribution >= 0.6 is 0 Å². The zero-order valence-corrected chi connectivity index (χ0v) is 6.89. The highest BCUT2D eigenvalue weighted by Gasteiger charge is 1.99. The SMILES string of the molecule is CCNc1ccnc(C)c1N. The van der Waals surface area contributed by atoms with Crippen LogP contribution in [0.5, 0.6) is 0 Å². The lowest BCUT2D eigenvalue weighted by Crippen LogP contribution is -2.02. The lowest BCUT2D eigenvalue weighted by Gasteiger charge is -2.07. The molecule has 0 spiro atoms. The summed E-state index contributed by atoms with van der Waals surface area (Å²) in [5, 5.41) is 3.15. The molecule has 1 aromatic heterocycles. The molecule has 0 amide bonds. The zero-order valence-electron chi connectivity index (χ0n) is 6.89. The van der Waals surface area contributed by atoms with Crippen LogP contribution in [0.2, 0.25) is 0 Å². The molecule has 3 nitrogen and oxygen atoms in total. The fourth-order valence-corrected chi connectivity index (χ4v) is 0.922. The highest BCUT2D eigenvalue weighted by molar-refractivity contribution is 5.67. The van der Waals surface area contributed by atoms with Gasteiger partial charge in [-0.05, 0) is 19.9 Å². The van der Waals surface area contributed by atoms with E-state index in [4.69, 9.17) is 5.73 Å². The van der Waals surface area contributed by atoms with Gasteiger partial charge < -0.3 is 11.1 Å². The van der Waals surface area contributed by atoms with Crippen LogP contribution in [0.4, 0.5) is 11.4 Å². The van der Waals surface area contributed by atoms with E-state index in [0.717, 1.165) is 23.6 Å². The standard InChI is InChI=1S/C8H13N3/c1-3-10-7-4-5-11-6(2)8(7)9/h4-5H,3,9H2,1-2H3,(H,10,11). The molecule has 0 aromatic carbocycles. The van der Waals surface area contributed by atoms with Crippen molar-refractivity contribution in [2.45, 2.75) is 13.8 Å². The van der Waals surface area contributed by atoms with Gasteiger partial charge in [0.25, 0.3) is 0 Å². The Morgan fingerprint density at radius 1 is 1.64 bits per heavy atom. The van der Waals surface area contributed by atoms with Crippen molar-refractivity contribution >= 4 is 11.4 Å². The molecule has 0 aliphatic rings. The first-order valence-corrected chi connectivity index (χ1v) is 3.70. The molecule has 0 aliphatic heterocycles. The topological polar surface area (TPSA) is 50.9 Å². The Balaban J connectivity index is 2.96. The maximum absolute atomic E-state index is 5.74. The molecule has 1 rings (SSSR count). The minimum Gasteiger partial charge on any atom is -0.396 e. The number of nitrogens with zero attached hydrogens (tertiary/aromatic N) is 1. The average Bonchev–Trinajstić information content (AvgIpc) is 1.99. The molecule has 1 heterocycles. The van der Waals surface area contributed by atoms with E-state index < -0.39 is 0 Å². The third kappa shape index (κ3) is 1.61. The van der Waals surface area contributed by atoms with Crippen LogP contribution in [0.3, 0.4) is 0 Å². The number of nitrogens with one attached hydrogen (secondary N) is 1. The Hall–Kier alpha value is -1.25. The van der Waals surface area contributed by atoms with Gasteiger partial charge in [0.1, 0.15) is 0 Å². The van der Waals surface area contributed by atoms with Crippen LogP contribution in [0.25, 0.3) is 0 Å². The fourth-order valence-electron chi connectivity index (χ4n) is 0.922. The largest absolute Gasteiger partial charge is 0.396 e. The van der Waals surface area contributed by atoms with Gasteiger partial charge >= 0.3 is 0 Å². The van der Waals surface area contributed by atoms with Gasteiger partial charge in [-0.15, -0.1) is 0 Å². The van der Waals surface area contributed by atoms with Crippen molar-refractivity contribution in [3.63, 3.8) is 0 Å². The molecule has 0 atom stereocenters. The van der Waals surface area contributed by atoms with Gasteiger partial charge in [0, 0.05) is 12.7 Å². The second-order valence-corrected chi connectivity index (χ2v) is 2.39. The molecule has 60 valence electrons. The number of hydrogen-bond acceptors (Lipinski definition) is 3. The van der Waals surface area contributed by atoms with E-state index in [1.54, 1.807) is 6.20 Å². The molecule has 11 heavy (non-hydrogen) atoms. The Morgan fingerprint density at radius 3 is 3.00 bits per heavy atom. The zero-order chi connectivity index (χ0) is 8.27. The van der Waals surface area contributed by atoms with Gasteiger partial charge in [-0.1, -0.05) is 0 Å². The molecule has 0 fully saturated rings. The second-order valence-electron chi connectivity index (χ2n) is 2.39. The summed E-state index contributed by atoms with van der Waals surface area (Å²) in [5.74, 6) is 0. The highest BCUT2D eigenvalue weighted by atomic mass is 14.9. The van der Waals surface area contributed by atoms with Crippen molar-refractivity contribution in [2.75, 3.05) is 17.6 Å². The molecule has 1 aromatic rings. The lowest BCUT2D eigenvalue weighted by atomic mass is 10.3. The molecular formula is C8H13N3. The van der Waals surface area contributed by atoms with Crippen molar-refractivity contribution in [2.24, 2.45) is 0 Å². The van der Waals surface area contributed by atoms with E-state index in [0.29, 0.717) is 0 Å². The van der Waals surface area contributed by atoms with E-state index >= 15 is 0 Å². The van der Waals surface area contributed by atoms with Gasteiger partial charge in [0.2, 0.25) is 0 Å². The minimum absolute atomic E-state index is 0.745. The Kier molecular flexibility index (Phi) is 2.31. The number of anilines is 2. The number of nitrogen functional groups attached to an aromatic ring is 1. The average molecular weight is 151 g/mol. The molecule has 3 heteroatoms. The second kappa shape index (κ2) is 3.23.